The fourth-order valence-electron chi connectivity index (χ4n) is 2.53. The molecule has 0 saturated carbocycles. The van der Waals surface area contributed by atoms with Crippen molar-refractivity contribution in [1.29, 1.82) is 0 Å². The summed E-state index contributed by atoms with van der Waals surface area (Å²) >= 11 is 5.88. The average molecular weight is 333 g/mol. The van der Waals surface area contributed by atoms with E-state index in [-0.39, 0.29) is 17.5 Å². The molecule has 118 valence electrons. The van der Waals surface area contributed by atoms with Gasteiger partial charge >= 0.3 is 0 Å². The van der Waals surface area contributed by atoms with Gasteiger partial charge in [0.15, 0.2) is 0 Å². The zero-order chi connectivity index (χ0) is 15.5. The first-order valence-corrected chi connectivity index (χ1v) is 8.89. The fraction of sp³-hybridized carbons (Fsp3) is 0.571. The minimum absolute atomic E-state index is 0.134. The number of likely N-dealkylation sites (N-methyl/N-ethyl adjacent to an activating group) is 1. The van der Waals surface area contributed by atoms with E-state index in [0.717, 1.165) is 25.8 Å². The normalized spacial score (nSPS) is 20.6. The zero-order valence-corrected chi connectivity index (χ0v) is 13.6. The molecule has 1 fully saturated rings. The van der Waals surface area contributed by atoms with Crippen LogP contribution in [0.2, 0.25) is 5.02 Å². The number of likely N-dealkylation sites (tertiary alicyclic amines) is 1. The van der Waals surface area contributed by atoms with E-state index in [9.17, 15) is 13.5 Å². The topological polar surface area (TPSA) is 69.6 Å². The van der Waals surface area contributed by atoms with Gasteiger partial charge in [0.05, 0.1) is 11.5 Å². The lowest BCUT2D eigenvalue weighted by molar-refractivity contribution is 0.187. The van der Waals surface area contributed by atoms with Crippen LogP contribution in [0.4, 0.5) is 0 Å². The van der Waals surface area contributed by atoms with Crippen LogP contribution in [0.25, 0.3) is 0 Å². The summed E-state index contributed by atoms with van der Waals surface area (Å²) in [6.45, 7) is 1.12. The Morgan fingerprint density at radius 1 is 1.43 bits per heavy atom. The van der Waals surface area contributed by atoms with E-state index < -0.39 is 10.0 Å². The Bertz CT molecular complexity index is 592. The molecule has 5 nitrogen and oxygen atoms in total. The third-order valence-corrected chi connectivity index (χ3v) is 5.72. The molecule has 1 saturated heterocycles. The van der Waals surface area contributed by atoms with E-state index in [2.05, 4.69) is 9.62 Å². The third-order valence-electron chi connectivity index (χ3n) is 3.93. The number of rotatable bonds is 5. The van der Waals surface area contributed by atoms with E-state index in [0.29, 0.717) is 17.1 Å². The molecule has 1 aromatic rings. The maximum Gasteiger partial charge on any atom is 0.240 e. The Morgan fingerprint density at radius 3 is 2.86 bits per heavy atom. The summed E-state index contributed by atoms with van der Waals surface area (Å²) in [5, 5.41) is 9.54. The number of hydrogen-bond donors (Lipinski definition) is 2. The van der Waals surface area contributed by atoms with Crippen molar-refractivity contribution in [2.45, 2.75) is 36.8 Å². The van der Waals surface area contributed by atoms with Gasteiger partial charge in [-0.25, -0.2) is 13.1 Å². The molecule has 1 atom stereocenters. The van der Waals surface area contributed by atoms with E-state index in [1.165, 1.54) is 18.2 Å². The van der Waals surface area contributed by atoms with Crippen LogP contribution in [0.1, 0.15) is 24.8 Å². The number of aliphatic hydroxyl groups is 1. The quantitative estimate of drug-likeness (QED) is 0.859. The molecule has 1 aliphatic heterocycles. The van der Waals surface area contributed by atoms with Crippen molar-refractivity contribution in [3.05, 3.63) is 28.8 Å². The Kier molecular flexibility index (Phi) is 5.62. The average Bonchev–Trinajstić information content (AvgIpc) is 2.46. The maximum absolute atomic E-state index is 12.3. The largest absolute Gasteiger partial charge is 0.392 e. The summed E-state index contributed by atoms with van der Waals surface area (Å²) in [7, 11) is -1.56. The summed E-state index contributed by atoms with van der Waals surface area (Å²) in [5.41, 5.74) is 0.411. The SMILES string of the molecule is CN1CCCCC1CNS(=O)(=O)c1ccc(Cl)c(CO)c1. The van der Waals surface area contributed by atoms with Gasteiger partial charge in [0.25, 0.3) is 0 Å². The van der Waals surface area contributed by atoms with Gasteiger partial charge in [-0.15, -0.1) is 0 Å². The minimum atomic E-state index is -3.58. The molecule has 0 spiro atoms. The Morgan fingerprint density at radius 2 is 2.19 bits per heavy atom. The van der Waals surface area contributed by atoms with Crippen molar-refractivity contribution in [3.63, 3.8) is 0 Å². The molecule has 0 amide bonds. The number of halogens is 1. The minimum Gasteiger partial charge on any atom is -0.392 e. The van der Waals surface area contributed by atoms with Gasteiger partial charge in [-0.1, -0.05) is 18.0 Å². The van der Waals surface area contributed by atoms with Crippen molar-refractivity contribution < 1.29 is 13.5 Å². The molecule has 2 rings (SSSR count). The highest BCUT2D eigenvalue weighted by molar-refractivity contribution is 7.89. The van der Waals surface area contributed by atoms with Crippen LogP contribution in [0.15, 0.2) is 23.1 Å². The van der Waals surface area contributed by atoms with Crippen LogP contribution >= 0.6 is 11.6 Å². The molecule has 1 aromatic carbocycles. The first-order valence-electron chi connectivity index (χ1n) is 7.03. The predicted octanol–water partition coefficient (Wildman–Crippen LogP) is 1.59. The predicted molar refractivity (Wildman–Crippen MR) is 82.8 cm³/mol. The van der Waals surface area contributed by atoms with Crippen molar-refractivity contribution in [1.82, 2.24) is 9.62 Å². The number of piperidine rings is 1. The van der Waals surface area contributed by atoms with Crippen molar-refractivity contribution in [3.8, 4) is 0 Å². The summed E-state index contributed by atoms with van der Waals surface area (Å²) in [6, 6.07) is 4.59. The van der Waals surface area contributed by atoms with Crippen molar-refractivity contribution in [2.75, 3.05) is 20.1 Å². The number of aliphatic hydroxyl groups excluding tert-OH is 1. The summed E-state index contributed by atoms with van der Waals surface area (Å²) in [6.07, 6.45) is 3.30. The van der Waals surface area contributed by atoms with Crippen molar-refractivity contribution >= 4 is 21.6 Å². The van der Waals surface area contributed by atoms with Crippen LogP contribution in [0.5, 0.6) is 0 Å². The monoisotopic (exact) mass is 332 g/mol. The smallest absolute Gasteiger partial charge is 0.240 e. The lowest BCUT2D eigenvalue weighted by atomic mass is 10.0. The second kappa shape index (κ2) is 7.07. The number of nitrogens with zero attached hydrogens (tertiary/aromatic N) is 1. The molecule has 0 aliphatic carbocycles. The summed E-state index contributed by atoms with van der Waals surface area (Å²) in [5.74, 6) is 0. The molecule has 0 aromatic heterocycles. The molecule has 1 heterocycles. The Hall–Kier alpha value is -0.660. The lowest BCUT2D eigenvalue weighted by Crippen LogP contribution is -2.44. The highest BCUT2D eigenvalue weighted by Gasteiger charge is 2.22. The highest BCUT2D eigenvalue weighted by atomic mass is 35.5. The van der Waals surface area contributed by atoms with Gasteiger partial charge in [-0.3, -0.25) is 0 Å². The number of benzene rings is 1. The number of nitrogens with one attached hydrogen (secondary N) is 1. The molecule has 7 heteroatoms. The summed E-state index contributed by atoms with van der Waals surface area (Å²) in [4.78, 5) is 2.32. The number of hydrogen-bond acceptors (Lipinski definition) is 4. The molecule has 0 bridgehead atoms. The van der Waals surface area contributed by atoms with Crippen LogP contribution < -0.4 is 4.72 Å². The van der Waals surface area contributed by atoms with Crippen LogP contribution in [-0.4, -0.2) is 44.6 Å². The first kappa shape index (κ1) is 16.7. The van der Waals surface area contributed by atoms with Crippen LogP contribution in [-0.2, 0) is 16.6 Å². The Balaban J connectivity index is 2.07. The number of sulfonamides is 1. The molecule has 21 heavy (non-hydrogen) atoms. The molecular formula is C14H21ClN2O3S. The summed E-state index contributed by atoms with van der Waals surface area (Å²) < 4.78 is 27.3. The van der Waals surface area contributed by atoms with Gasteiger partial charge in [0.1, 0.15) is 0 Å². The van der Waals surface area contributed by atoms with Crippen LogP contribution in [0.3, 0.4) is 0 Å². The van der Waals surface area contributed by atoms with E-state index in [1.807, 2.05) is 7.05 Å². The highest BCUT2D eigenvalue weighted by Crippen LogP contribution is 2.21. The third kappa shape index (κ3) is 4.17. The maximum atomic E-state index is 12.3. The molecule has 2 N–H and O–H groups in total. The molecule has 0 radical (unpaired) electrons. The standard InChI is InChI=1S/C14H21ClN2O3S/c1-17-7-3-2-4-12(17)9-16-21(19,20)13-5-6-14(15)11(8-13)10-18/h5-6,8,12,16,18H,2-4,7,9-10H2,1H3. The van der Waals surface area contributed by atoms with E-state index in [1.54, 1.807) is 0 Å². The Labute approximate surface area is 131 Å². The first-order chi connectivity index (χ1) is 9.94. The van der Waals surface area contributed by atoms with E-state index in [4.69, 9.17) is 11.6 Å². The van der Waals surface area contributed by atoms with Crippen LogP contribution in [0, 0.1) is 0 Å². The molecule has 1 aliphatic rings. The zero-order valence-electron chi connectivity index (χ0n) is 12.0. The second-order valence-electron chi connectivity index (χ2n) is 5.39. The molecule has 1 unspecified atom stereocenters. The van der Waals surface area contributed by atoms with Gasteiger partial charge in [0, 0.05) is 17.6 Å². The van der Waals surface area contributed by atoms with E-state index >= 15 is 0 Å². The van der Waals surface area contributed by atoms with Gasteiger partial charge in [-0.05, 0) is 50.2 Å². The fourth-order valence-corrected chi connectivity index (χ4v) is 3.83. The second-order valence-corrected chi connectivity index (χ2v) is 7.57. The van der Waals surface area contributed by atoms with Crippen molar-refractivity contribution in [2.24, 2.45) is 0 Å². The van der Waals surface area contributed by atoms with Gasteiger partial charge in [0.2, 0.25) is 10.0 Å². The van der Waals surface area contributed by atoms with Gasteiger partial charge in [-0.2, -0.15) is 0 Å². The lowest BCUT2D eigenvalue weighted by Gasteiger charge is -2.32. The van der Waals surface area contributed by atoms with Gasteiger partial charge < -0.3 is 10.0 Å². The molecular weight excluding hydrogens is 312 g/mol.